The van der Waals surface area contributed by atoms with E-state index in [2.05, 4.69) is 15.9 Å². The lowest BCUT2D eigenvalue weighted by Gasteiger charge is -2.16. The zero-order valence-electron chi connectivity index (χ0n) is 9.41. The first-order valence-electron chi connectivity index (χ1n) is 4.89. The maximum Gasteiger partial charge on any atom is 0.416 e. The molecule has 0 aliphatic heterocycles. The minimum atomic E-state index is -4.56. The maximum absolute atomic E-state index is 12.5. The third kappa shape index (κ3) is 3.46. The third-order valence-corrected chi connectivity index (χ3v) is 4.48. The number of hydrogen-bond donors (Lipinski definition) is 0. The van der Waals surface area contributed by atoms with Crippen LogP contribution in [0.15, 0.2) is 29.2 Å². The van der Waals surface area contributed by atoms with Crippen molar-refractivity contribution in [1.82, 2.24) is 4.31 Å². The maximum atomic E-state index is 12.5. The largest absolute Gasteiger partial charge is 0.416 e. The van der Waals surface area contributed by atoms with E-state index in [0.29, 0.717) is 11.4 Å². The molecule has 0 amide bonds. The molecule has 1 rings (SSSR count). The standard InChI is InChI=1S/C10H11BrF3NO2S/c1-15(6-5-11)18(16,17)9-4-2-3-8(7-9)10(12,13)14/h2-4,7H,5-6H2,1H3. The number of halogens is 4. The number of hydrogen-bond acceptors (Lipinski definition) is 2. The predicted molar refractivity (Wildman–Crippen MR) is 65.1 cm³/mol. The average molecular weight is 346 g/mol. The molecule has 0 atom stereocenters. The molecule has 0 saturated heterocycles. The number of sulfonamides is 1. The summed E-state index contributed by atoms with van der Waals surface area (Å²) in [5.41, 5.74) is -0.976. The molecule has 0 aromatic heterocycles. The average Bonchev–Trinajstić information content (AvgIpc) is 2.28. The SMILES string of the molecule is CN(CCBr)S(=O)(=O)c1cccc(C(F)(F)F)c1. The van der Waals surface area contributed by atoms with Gasteiger partial charge in [0.25, 0.3) is 0 Å². The number of benzene rings is 1. The van der Waals surface area contributed by atoms with Gasteiger partial charge in [0.1, 0.15) is 0 Å². The van der Waals surface area contributed by atoms with Gasteiger partial charge in [-0.3, -0.25) is 0 Å². The van der Waals surface area contributed by atoms with Crippen molar-refractivity contribution in [2.24, 2.45) is 0 Å². The van der Waals surface area contributed by atoms with E-state index in [0.717, 1.165) is 22.5 Å². The highest BCUT2D eigenvalue weighted by atomic mass is 79.9. The molecular formula is C10H11BrF3NO2S. The lowest BCUT2D eigenvalue weighted by atomic mass is 10.2. The monoisotopic (exact) mass is 345 g/mol. The second kappa shape index (κ2) is 5.58. The van der Waals surface area contributed by atoms with Crippen molar-refractivity contribution in [2.75, 3.05) is 18.9 Å². The van der Waals surface area contributed by atoms with Crippen LogP contribution < -0.4 is 0 Å². The van der Waals surface area contributed by atoms with E-state index >= 15 is 0 Å². The summed E-state index contributed by atoms with van der Waals surface area (Å²) >= 11 is 3.08. The summed E-state index contributed by atoms with van der Waals surface area (Å²) in [4.78, 5) is -0.360. The topological polar surface area (TPSA) is 37.4 Å². The van der Waals surface area contributed by atoms with Gasteiger partial charge in [-0.15, -0.1) is 0 Å². The Morgan fingerprint density at radius 1 is 1.33 bits per heavy atom. The normalized spacial score (nSPS) is 13.0. The quantitative estimate of drug-likeness (QED) is 0.787. The van der Waals surface area contributed by atoms with Crippen LogP contribution >= 0.6 is 15.9 Å². The molecule has 0 spiro atoms. The summed E-state index contributed by atoms with van der Waals surface area (Å²) in [6.45, 7) is 0.179. The summed E-state index contributed by atoms with van der Waals surface area (Å²) in [5, 5.41) is 0.404. The highest BCUT2D eigenvalue weighted by Crippen LogP contribution is 2.30. The first kappa shape index (κ1) is 15.5. The van der Waals surface area contributed by atoms with Gasteiger partial charge in [0, 0.05) is 18.9 Å². The molecule has 0 aliphatic carbocycles. The molecule has 1 aromatic carbocycles. The van der Waals surface area contributed by atoms with E-state index in [4.69, 9.17) is 0 Å². The van der Waals surface area contributed by atoms with Crippen LogP contribution in [0.5, 0.6) is 0 Å². The van der Waals surface area contributed by atoms with Crippen molar-refractivity contribution in [3.05, 3.63) is 29.8 Å². The number of rotatable bonds is 4. The van der Waals surface area contributed by atoms with E-state index in [1.165, 1.54) is 7.05 Å². The fourth-order valence-electron chi connectivity index (χ4n) is 1.25. The molecular weight excluding hydrogens is 335 g/mol. The molecule has 0 saturated carbocycles. The van der Waals surface area contributed by atoms with Gasteiger partial charge < -0.3 is 0 Å². The molecule has 18 heavy (non-hydrogen) atoms. The summed E-state index contributed by atoms with van der Waals surface area (Å²) < 4.78 is 62.3. The Kier molecular flexibility index (Phi) is 4.79. The lowest BCUT2D eigenvalue weighted by molar-refractivity contribution is -0.137. The van der Waals surface area contributed by atoms with Crippen LogP contribution in [0.3, 0.4) is 0 Å². The highest BCUT2D eigenvalue weighted by molar-refractivity contribution is 9.09. The van der Waals surface area contributed by atoms with Crippen molar-refractivity contribution >= 4 is 26.0 Å². The molecule has 0 N–H and O–H groups in total. The molecule has 3 nitrogen and oxygen atoms in total. The summed E-state index contributed by atoms with van der Waals surface area (Å²) in [5.74, 6) is 0. The van der Waals surface area contributed by atoms with Crippen LogP contribution in [0.2, 0.25) is 0 Å². The number of nitrogens with zero attached hydrogens (tertiary/aromatic N) is 1. The van der Waals surface area contributed by atoms with Crippen molar-refractivity contribution < 1.29 is 21.6 Å². The molecule has 0 heterocycles. The van der Waals surface area contributed by atoms with Crippen LogP contribution in [-0.2, 0) is 16.2 Å². The second-order valence-electron chi connectivity index (χ2n) is 3.54. The number of alkyl halides is 4. The van der Waals surface area contributed by atoms with E-state index in [1.54, 1.807) is 0 Å². The fraction of sp³-hybridized carbons (Fsp3) is 0.400. The Labute approximate surface area is 112 Å². The zero-order valence-corrected chi connectivity index (χ0v) is 11.8. The Balaban J connectivity index is 3.18. The van der Waals surface area contributed by atoms with Crippen molar-refractivity contribution in [3.63, 3.8) is 0 Å². The summed E-state index contributed by atoms with van der Waals surface area (Å²) in [6.07, 6.45) is -4.56. The van der Waals surface area contributed by atoms with Gasteiger partial charge in [0.05, 0.1) is 10.5 Å². The van der Waals surface area contributed by atoms with Crippen LogP contribution in [0.1, 0.15) is 5.56 Å². The van der Waals surface area contributed by atoms with Gasteiger partial charge in [0.15, 0.2) is 0 Å². The van der Waals surface area contributed by atoms with Gasteiger partial charge in [-0.25, -0.2) is 12.7 Å². The van der Waals surface area contributed by atoms with E-state index in [9.17, 15) is 21.6 Å². The molecule has 0 radical (unpaired) electrons. The minimum absolute atomic E-state index is 0.179. The van der Waals surface area contributed by atoms with Crippen LogP contribution in [0.4, 0.5) is 13.2 Å². The fourth-order valence-corrected chi connectivity index (χ4v) is 3.24. The van der Waals surface area contributed by atoms with Crippen molar-refractivity contribution in [2.45, 2.75) is 11.1 Å². The van der Waals surface area contributed by atoms with Crippen molar-refractivity contribution in [3.8, 4) is 0 Å². The molecule has 0 aliphatic rings. The van der Waals surface area contributed by atoms with E-state index in [1.807, 2.05) is 0 Å². The minimum Gasteiger partial charge on any atom is -0.207 e. The predicted octanol–water partition coefficient (Wildman–Crippen LogP) is 2.72. The summed E-state index contributed by atoms with van der Waals surface area (Å²) in [6, 6.07) is 3.70. The van der Waals surface area contributed by atoms with Gasteiger partial charge in [-0.2, -0.15) is 13.2 Å². The molecule has 0 bridgehead atoms. The molecule has 8 heteroatoms. The van der Waals surface area contributed by atoms with Crippen LogP contribution in [0.25, 0.3) is 0 Å². The lowest BCUT2D eigenvalue weighted by Crippen LogP contribution is -2.28. The first-order valence-corrected chi connectivity index (χ1v) is 7.45. The highest BCUT2D eigenvalue weighted by Gasteiger charge is 2.32. The van der Waals surface area contributed by atoms with Crippen molar-refractivity contribution in [1.29, 1.82) is 0 Å². The van der Waals surface area contributed by atoms with Gasteiger partial charge in [-0.05, 0) is 18.2 Å². The molecule has 102 valence electrons. The summed E-state index contributed by atoms with van der Waals surface area (Å²) in [7, 11) is -2.56. The van der Waals surface area contributed by atoms with Gasteiger partial charge >= 0.3 is 6.18 Å². The second-order valence-corrected chi connectivity index (χ2v) is 6.38. The Morgan fingerprint density at radius 3 is 2.44 bits per heavy atom. The van der Waals surface area contributed by atoms with Gasteiger partial charge in [0.2, 0.25) is 10.0 Å². The zero-order chi connectivity index (χ0) is 14.0. The smallest absolute Gasteiger partial charge is 0.207 e. The van der Waals surface area contributed by atoms with Crippen LogP contribution in [-0.4, -0.2) is 31.6 Å². The van der Waals surface area contributed by atoms with Gasteiger partial charge in [-0.1, -0.05) is 22.0 Å². The molecule has 1 aromatic rings. The Morgan fingerprint density at radius 2 is 1.94 bits per heavy atom. The Hall–Kier alpha value is -0.600. The Bertz CT molecular complexity index is 516. The van der Waals surface area contributed by atoms with E-state index in [-0.39, 0.29) is 11.4 Å². The molecule has 0 fully saturated rings. The third-order valence-electron chi connectivity index (χ3n) is 2.27. The first-order chi connectivity index (χ1) is 8.19. The van der Waals surface area contributed by atoms with Crippen LogP contribution in [0, 0.1) is 0 Å². The molecule has 0 unspecified atom stereocenters. The van der Waals surface area contributed by atoms with E-state index < -0.39 is 21.8 Å².